The molecule has 0 bridgehead atoms. The van der Waals surface area contributed by atoms with E-state index >= 15 is 0 Å². The molecule has 1 atom stereocenters. The van der Waals surface area contributed by atoms with Crippen molar-refractivity contribution in [1.82, 2.24) is 5.32 Å². The van der Waals surface area contributed by atoms with Gasteiger partial charge in [-0.1, -0.05) is 6.07 Å². The molecule has 2 heteroatoms. The molecule has 1 heterocycles. The first kappa shape index (κ1) is 11.6. The molecular weight excluding hydrogens is 226 g/mol. The number of thioether (sulfide) groups is 1. The van der Waals surface area contributed by atoms with Crippen molar-refractivity contribution in [2.24, 2.45) is 0 Å². The number of rotatable bonds is 3. The van der Waals surface area contributed by atoms with Gasteiger partial charge in [0.1, 0.15) is 0 Å². The first-order valence-corrected chi connectivity index (χ1v) is 7.88. The standard InChI is InChI=1S/C15H21NS/c1-2-5-13-10-15(8-7-12(13)4-1)17-11-14-6-3-9-16-14/h7-8,10,14,16H,1-6,9,11H2. The molecule has 2 aliphatic rings. The highest BCUT2D eigenvalue weighted by Gasteiger charge is 2.15. The molecule has 0 amide bonds. The molecule has 1 nitrogen and oxygen atoms in total. The van der Waals surface area contributed by atoms with E-state index in [0.717, 1.165) is 6.04 Å². The fourth-order valence-electron chi connectivity index (χ4n) is 2.90. The molecule has 1 aromatic carbocycles. The molecule has 1 aliphatic carbocycles. The molecule has 3 rings (SSSR count). The summed E-state index contributed by atoms with van der Waals surface area (Å²) in [6.07, 6.45) is 8.07. The summed E-state index contributed by atoms with van der Waals surface area (Å²) >= 11 is 2.03. The fourth-order valence-corrected chi connectivity index (χ4v) is 3.96. The van der Waals surface area contributed by atoms with Gasteiger partial charge in [0.2, 0.25) is 0 Å². The third-order valence-corrected chi connectivity index (χ3v) is 5.09. The molecule has 1 N–H and O–H groups in total. The maximum Gasteiger partial charge on any atom is 0.0162 e. The van der Waals surface area contributed by atoms with Crippen LogP contribution >= 0.6 is 11.8 Å². The summed E-state index contributed by atoms with van der Waals surface area (Å²) in [5.74, 6) is 1.23. The van der Waals surface area contributed by atoms with Crippen molar-refractivity contribution in [3.63, 3.8) is 0 Å². The molecule has 1 unspecified atom stereocenters. The molecular formula is C15H21NS. The zero-order chi connectivity index (χ0) is 11.5. The van der Waals surface area contributed by atoms with Crippen molar-refractivity contribution in [3.8, 4) is 0 Å². The van der Waals surface area contributed by atoms with Crippen LogP contribution in [-0.2, 0) is 12.8 Å². The van der Waals surface area contributed by atoms with Gasteiger partial charge in [-0.25, -0.2) is 0 Å². The molecule has 0 radical (unpaired) electrons. The van der Waals surface area contributed by atoms with Crippen LogP contribution in [0.1, 0.15) is 36.8 Å². The Morgan fingerprint density at radius 1 is 1.12 bits per heavy atom. The normalized spacial score (nSPS) is 23.6. The topological polar surface area (TPSA) is 12.0 Å². The summed E-state index contributed by atoms with van der Waals surface area (Å²) < 4.78 is 0. The smallest absolute Gasteiger partial charge is 0.0162 e. The van der Waals surface area contributed by atoms with E-state index in [0.29, 0.717) is 0 Å². The molecule has 1 aromatic rings. The first-order valence-electron chi connectivity index (χ1n) is 6.90. The Kier molecular flexibility index (Phi) is 3.72. The maximum absolute atomic E-state index is 3.57. The van der Waals surface area contributed by atoms with Crippen molar-refractivity contribution in [3.05, 3.63) is 29.3 Å². The van der Waals surface area contributed by atoms with Gasteiger partial charge in [-0.2, -0.15) is 0 Å². The Labute approximate surface area is 108 Å². The van der Waals surface area contributed by atoms with Crippen LogP contribution < -0.4 is 5.32 Å². The molecule has 1 fully saturated rings. The van der Waals surface area contributed by atoms with Gasteiger partial charge < -0.3 is 5.32 Å². The second-order valence-electron chi connectivity index (χ2n) is 5.24. The van der Waals surface area contributed by atoms with Crippen LogP contribution in [0.5, 0.6) is 0 Å². The fraction of sp³-hybridized carbons (Fsp3) is 0.600. The van der Waals surface area contributed by atoms with Gasteiger partial charge in [-0.15, -0.1) is 11.8 Å². The Hall–Kier alpha value is -0.470. The third-order valence-electron chi connectivity index (χ3n) is 3.93. The van der Waals surface area contributed by atoms with Crippen LogP contribution in [0.25, 0.3) is 0 Å². The maximum atomic E-state index is 3.57. The summed E-state index contributed by atoms with van der Waals surface area (Å²) in [6.45, 7) is 1.22. The number of aryl methyl sites for hydroxylation is 2. The minimum atomic E-state index is 0.746. The molecule has 0 saturated carbocycles. The van der Waals surface area contributed by atoms with Crippen LogP contribution in [0.15, 0.2) is 23.1 Å². The Balaban J connectivity index is 1.62. The van der Waals surface area contributed by atoms with Gasteiger partial charge in [0.25, 0.3) is 0 Å². The molecule has 0 aromatic heterocycles. The molecule has 1 saturated heterocycles. The molecule has 1 aliphatic heterocycles. The summed E-state index contributed by atoms with van der Waals surface area (Å²) in [7, 11) is 0. The minimum absolute atomic E-state index is 0.746. The largest absolute Gasteiger partial charge is 0.313 e. The lowest BCUT2D eigenvalue weighted by molar-refractivity contribution is 0.673. The number of fused-ring (bicyclic) bond motifs is 1. The van der Waals surface area contributed by atoms with Crippen molar-refractivity contribution in [1.29, 1.82) is 0 Å². The predicted molar refractivity (Wildman–Crippen MR) is 74.8 cm³/mol. The summed E-state index contributed by atoms with van der Waals surface area (Å²) in [6, 6.07) is 7.87. The molecule has 0 spiro atoms. The first-order chi connectivity index (χ1) is 8.42. The van der Waals surface area contributed by atoms with Gasteiger partial charge >= 0.3 is 0 Å². The highest BCUT2D eigenvalue weighted by Crippen LogP contribution is 2.28. The van der Waals surface area contributed by atoms with Crippen molar-refractivity contribution in [2.45, 2.75) is 49.5 Å². The van der Waals surface area contributed by atoms with Gasteiger partial charge in [-0.05, 0) is 68.3 Å². The van der Waals surface area contributed by atoms with Crippen LogP contribution in [0, 0.1) is 0 Å². The van der Waals surface area contributed by atoms with Gasteiger partial charge in [0.05, 0.1) is 0 Å². The average Bonchev–Trinajstić information content (AvgIpc) is 2.89. The minimum Gasteiger partial charge on any atom is -0.313 e. The highest BCUT2D eigenvalue weighted by atomic mass is 32.2. The lowest BCUT2D eigenvalue weighted by Gasteiger charge is -2.17. The third kappa shape index (κ3) is 2.86. The number of nitrogens with one attached hydrogen (secondary N) is 1. The van der Waals surface area contributed by atoms with E-state index in [-0.39, 0.29) is 0 Å². The highest BCUT2D eigenvalue weighted by molar-refractivity contribution is 7.99. The van der Waals surface area contributed by atoms with Crippen LogP contribution in [0.2, 0.25) is 0 Å². The van der Waals surface area contributed by atoms with Crippen LogP contribution in [0.3, 0.4) is 0 Å². The van der Waals surface area contributed by atoms with E-state index in [9.17, 15) is 0 Å². The Morgan fingerprint density at radius 2 is 2.00 bits per heavy atom. The van der Waals surface area contributed by atoms with Crippen molar-refractivity contribution < 1.29 is 0 Å². The zero-order valence-electron chi connectivity index (χ0n) is 10.4. The number of hydrogen-bond acceptors (Lipinski definition) is 2. The van der Waals surface area contributed by atoms with Gasteiger partial charge in [-0.3, -0.25) is 0 Å². The molecule has 92 valence electrons. The average molecular weight is 247 g/mol. The van der Waals surface area contributed by atoms with E-state index in [1.54, 1.807) is 11.1 Å². The lowest BCUT2D eigenvalue weighted by atomic mass is 9.92. The summed E-state index contributed by atoms with van der Waals surface area (Å²) in [4.78, 5) is 1.47. The SMILES string of the molecule is c1cc2c(cc1SCC1CCCN1)CCCC2. The van der Waals surface area contributed by atoms with E-state index in [4.69, 9.17) is 0 Å². The lowest BCUT2D eigenvalue weighted by Crippen LogP contribution is -2.23. The van der Waals surface area contributed by atoms with E-state index in [1.807, 2.05) is 11.8 Å². The summed E-state index contributed by atoms with van der Waals surface area (Å²) in [5, 5.41) is 3.57. The number of hydrogen-bond donors (Lipinski definition) is 1. The van der Waals surface area contributed by atoms with E-state index < -0.39 is 0 Å². The van der Waals surface area contributed by atoms with Crippen LogP contribution in [-0.4, -0.2) is 18.3 Å². The predicted octanol–water partition coefficient (Wildman–Crippen LogP) is 3.41. The number of benzene rings is 1. The Morgan fingerprint density at radius 3 is 2.82 bits per heavy atom. The van der Waals surface area contributed by atoms with Crippen LogP contribution in [0.4, 0.5) is 0 Å². The van der Waals surface area contributed by atoms with Crippen molar-refractivity contribution >= 4 is 11.8 Å². The van der Waals surface area contributed by atoms with E-state index in [2.05, 4.69) is 23.5 Å². The van der Waals surface area contributed by atoms with Gasteiger partial charge in [0, 0.05) is 16.7 Å². The Bertz CT molecular complexity index is 383. The second-order valence-corrected chi connectivity index (χ2v) is 6.34. The van der Waals surface area contributed by atoms with Gasteiger partial charge in [0.15, 0.2) is 0 Å². The van der Waals surface area contributed by atoms with E-state index in [1.165, 1.54) is 55.7 Å². The quantitative estimate of drug-likeness (QED) is 0.822. The monoisotopic (exact) mass is 247 g/mol. The van der Waals surface area contributed by atoms with Crippen molar-refractivity contribution in [2.75, 3.05) is 12.3 Å². The zero-order valence-corrected chi connectivity index (χ0v) is 11.2. The molecule has 17 heavy (non-hydrogen) atoms. The second kappa shape index (κ2) is 5.45. The summed E-state index contributed by atoms with van der Waals surface area (Å²) in [5.41, 5.74) is 3.21.